The van der Waals surface area contributed by atoms with Crippen LogP contribution in [0, 0.1) is 0 Å². The summed E-state index contributed by atoms with van der Waals surface area (Å²) in [4.78, 5) is 27.0. The maximum atomic E-state index is 10.3. The Morgan fingerprint density at radius 3 is 2.10 bits per heavy atom. The maximum Gasteiger partial charge on any atom is 0.337 e. The molecule has 1 atom stereocenters. The van der Waals surface area contributed by atoms with Crippen LogP contribution in [0.4, 0.5) is 0 Å². The molecule has 10 heavy (non-hydrogen) atoms. The van der Waals surface area contributed by atoms with Crippen LogP contribution in [0.5, 0.6) is 0 Å². The molecule has 1 unspecified atom stereocenters. The van der Waals surface area contributed by atoms with Crippen molar-refractivity contribution in [1.29, 1.82) is 0 Å². The number of rotatable bonds is 2. The molecule has 0 aliphatic rings. The molecule has 0 aliphatic heterocycles. The van der Waals surface area contributed by atoms with E-state index in [1.54, 1.807) is 0 Å². The highest BCUT2D eigenvalue weighted by Crippen LogP contribution is 2.40. The fourth-order valence-electron chi connectivity index (χ4n) is 0.246. The Kier molecular flexibility index (Phi) is 2.98. The molecule has 0 aliphatic carbocycles. The zero-order valence-electron chi connectivity index (χ0n) is 5.18. The van der Waals surface area contributed by atoms with E-state index in [2.05, 4.69) is 0 Å². The van der Waals surface area contributed by atoms with Crippen LogP contribution in [0.2, 0.25) is 0 Å². The molecule has 0 radical (unpaired) electrons. The number of carbonyl (C=O) groups excluding carboxylic acids is 1. The fourth-order valence-corrected chi connectivity index (χ4v) is 0.609. The van der Waals surface area contributed by atoms with Crippen LogP contribution >= 0.6 is 7.60 Å². The zero-order valence-corrected chi connectivity index (χ0v) is 6.08. The van der Waals surface area contributed by atoms with Crippen LogP contribution in [-0.4, -0.2) is 26.6 Å². The van der Waals surface area contributed by atoms with Gasteiger partial charge >= 0.3 is 7.60 Å². The molecule has 0 saturated carbocycles. The van der Waals surface area contributed by atoms with E-state index >= 15 is 0 Å². The molecule has 0 fully saturated rings. The number of hydrogen-bond acceptors (Lipinski definition) is 3. The number of carbonyl (C=O) groups is 1. The SMILES string of the molecule is CC(C(=O)NO)P(=O)(O)O. The van der Waals surface area contributed by atoms with Crippen molar-refractivity contribution in [2.24, 2.45) is 0 Å². The summed E-state index contributed by atoms with van der Waals surface area (Å²) in [5.41, 5.74) is -0.362. The normalized spacial score (nSPS) is 14.4. The van der Waals surface area contributed by atoms with E-state index in [1.165, 1.54) is 0 Å². The average molecular weight is 169 g/mol. The predicted octanol–water partition coefficient (Wildman–Crippen LogP) is -0.942. The van der Waals surface area contributed by atoms with Crippen molar-refractivity contribution in [2.45, 2.75) is 12.6 Å². The van der Waals surface area contributed by atoms with E-state index in [4.69, 9.17) is 15.0 Å². The number of amides is 1. The monoisotopic (exact) mass is 169 g/mol. The van der Waals surface area contributed by atoms with E-state index < -0.39 is 19.2 Å². The second kappa shape index (κ2) is 3.12. The highest BCUT2D eigenvalue weighted by atomic mass is 31.2. The molecule has 0 aromatic rings. The summed E-state index contributed by atoms with van der Waals surface area (Å²) in [7, 11) is -4.40. The fraction of sp³-hybridized carbons (Fsp3) is 0.667. The minimum Gasteiger partial charge on any atom is -0.324 e. The molecular formula is C3H8NO5P. The molecule has 1 amide bonds. The second-order valence-corrected chi connectivity index (χ2v) is 3.69. The molecular weight excluding hydrogens is 161 g/mol. The largest absolute Gasteiger partial charge is 0.337 e. The van der Waals surface area contributed by atoms with Crippen LogP contribution in [0.15, 0.2) is 0 Å². The summed E-state index contributed by atoms with van der Waals surface area (Å²) in [5, 5.41) is 7.93. The van der Waals surface area contributed by atoms with E-state index in [9.17, 15) is 9.36 Å². The summed E-state index contributed by atoms with van der Waals surface area (Å²) >= 11 is 0. The molecule has 0 saturated heterocycles. The third kappa shape index (κ3) is 2.45. The first-order chi connectivity index (χ1) is 4.39. The van der Waals surface area contributed by atoms with Crippen molar-refractivity contribution in [2.75, 3.05) is 0 Å². The average Bonchev–Trinajstić information content (AvgIpc) is 1.83. The lowest BCUT2D eigenvalue weighted by Crippen LogP contribution is -2.29. The Hall–Kier alpha value is -0.420. The van der Waals surface area contributed by atoms with Gasteiger partial charge in [0.05, 0.1) is 0 Å². The maximum absolute atomic E-state index is 10.3. The van der Waals surface area contributed by atoms with Gasteiger partial charge in [0.15, 0.2) is 0 Å². The molecule has 0 heterocycles. The molecule has 0 spiro atoms. The van der Waals surface area contributed by atoms with Gasteiger partial charge in [-0.25, -0.2) is 5.48 Å². The van der Waals surface area contributed by atoms with Gasteiger partial charge in [0.25, 0.3) is 5.91 Å². The molecule has 0 rings (SSSR count). The van der Waals surface area contributed by atoms with Crippen molar-refractivity contribution in [3.8, 4) is 0 Å². The highest BCUT2D eigenvalue weighted by Gasteiger charge is 2.30. The third-order valence-electron chi connectivity index (χ3n) is 0.994. The van der Waals surface area contributed by atoms with Gasteiger partial charge in [-0.1, -0.05) is 0 Å². The summed E-state index contributed by atoms with van der Waals surface area (Å²) in [5.74, 6) is -1.09. The van der Waals surface area contributed by atoms with Crippen LogP contribution < -0.4 is 5.48 Å². The Labute approximate surface area is 57.0 Å². The lowest BCUT2D eigenvalue weighted by atomic mass is 10.5. The van der Waals surface area contributed by atoms with Crippen molar-refractivity contribution in [3.05, 3.63) is 0 Å². The summed E-state index contributed by atoms with van der Waals surface area (Å²) < 4.78 is 10.3. The lowest BCUT2D eigenvalue weighted by molar-refractivity contribution is -0.128. The van der Waals surface area contributed by atoms with E-state index in [0.717, 1.165) is 12.4 Å². The van der Waals surface area contributed by atoms with Crippen LogP contribution in [0.25, 0.3) is 0 Å². The summed E-state index contributed by atoms with van der Waals surface area (Å²) in [6, 6.07) is 0. The summed E-state index contributed by atoms with van der Waals surface area (Å²) in [6.45, 7) is 1.02. The number of hydrogen-bond donors (Lipinski definition) is 4. The van der Waals surface area contributed by atoms with Gasteiger partial charge in [-0.05, 0) is 6.92 Å². The van der Waals surface area contributed by atoms with Crippen molar-refractivity contribution >= 4 is 13.5 Å². The van der Waals surface area contributed by atoms with Crippen LogP contribution in [-0.2, 0) is 9.36 Å². The van der Waals surface area contributed by atoms with Crippen LogP contribution in [0.3, 0.4) is 0 Å². The quantitative estimate of drug-likeness (QED) is 0.242. The van der Waals surface area contributed by atoms with E-state index in [1.807, 2.05) is 0 Å². The highest BCUT2D eigenvalue weighted by molar-refractivity contribution is 7.53. The van der Waals surface area contributed by atoms with Gasteiger partial charge < -0.3 is 9.79 Å². The van der Waals surface area contributed by atoms with Crippen molar-refractivity contribution in [3.63, 3.8) is 0 Å². The zero-order chi connectivity index (χ0) is 8.36. The Morgan fingerprint density at radius 2 is 2.00 bits per heavy atom. The lowest BCUT2D eigenvalue weighted by Gasteiger charge is -2.09. The third-order valence-corrected chi connectivity index (χ3v) is 2.24. The molecule has 0 aromatic heterocycles. The van der Waals surface area contributed by atoms with Gasteiger partial charge in [0.2, 0.25) is 0 Å². The van der Waals surface area contributed by atoms with Gasteiger partial charge in [0.1, 0.15) is 5.66 Å². The molecule has 0 aromatic carbocycles. The van der Waals surface area contributed by atoms with E-state index in [0.29, 0.717) is 0 Å². The Morgan fingerprint density at radius 1 is 1.60 bits per heavy atom. The molecule has 6 nitrogen and oxygen atoms in total. The number of hydroxylamine groups is 1. The van der Waals surface area contributed by atoms with Crippen molar-refractivity contribution in [1.82, 2.24) is 5.48 Å². The molecule has 60 valence electrons. The standard InChI is InChI=1S/C3H8NO5P/c1-2(3(5)4-6)10(7,8)9/h2,6H,1H3,(H,4,5)(H2,7,8,9). The van der Waals surface area contributed by atoms with Gasteiger partial charge in [-0.3, -0.25) is 14.6 Å². The predicted molar refractivity (Wildman–Crippen MR) is 31.4 cm³/mol. The van der Waals surface area contributed by atoms with Crippen LogP contribution in [0.1, 0.15) is 6.92 Å². The number of nitrogens with one attached hydrogen (secondary N) is 1. The molecule has 0 bridgehead atoms. The van der Waals surface area contributed by atoms with Crippen molar-refractivity contribution < 1.29 is 24.4 Å². The molecule has 4 N–H and O–H groups in total. The van der Waals surface area contributed by atoms with Gasteiger partial charge in [-0.2, -0.15) is 0 Å². The first kappa shape index (κ1) is 9.58. The first-order valence-corrected chi connectivity index (χ1v) is 4.07. The minimum absolute atomic E-state index is 1.02. The Balaban J connectivity index is 4.23. The minimum atomic E-state index is -4.40. The summed E-state index contributed by atoms with van der Waals surface area (Å²) in [6.07, 6.45) is 0. The molecule has 7 heteroatoms. The first-order valence-electron chi connectivity index (χ1n) is 2.38. The topological polar surface area (TPSA) is 107 Å². The van der Waals surface area contributed by atoms with Gasteiger partial charge in [-0.15, -0.1) is 0 Å². The smallest absolute Gasteiger partial charge is 0.324 e. The van der Waals surface area contributed by atoms with Gasteiger partial charge in [0, 0.05) is 0 Å². The second-order valence-electron chi connectivity index (χ2n) is 1.74. The Bertz CT molecular complexity index is 174. The van der Waals surface area contributed by atoms with E-state index in [-0.39, 0.29) is 0 Å².